The van der Waals surface area contributed by atoms with Gasteiger partial charge in [0.1, 0.15) is 11.5 Å². The van der Waals surface area contributed by atoms with Crippen LogP contribution in [0.25, 0.3) is 22.5 Å². The van der Waals surface area contributed by atoms with Gasteiger partial charge in [-0.15, -0.1) is 0 Å². The highest BCUT2D eigenvalue weighted by atomic mass is 16.5. The number of aromatic amines is 1. The second-order valence-corrected chi connectivity index (χ2v) is 7.27. The number of guanidine groups is 1. The second-order valence-electron chi connectivity index (χ2n) is 7.27. The largest absolute Gasteiger partial charge is 0.489 e. The number of fused-ring (bicyclic) bond motifs is 4. The number of nitrogens with one attached hydrogen (secondary N) is 2. The van der Waals surface area contributed by atoms with Crippen LogP contribution in [0.2, 0.25) is 0 Å². The summed E-state index contributed by atoms with van der Waals surface area (Å²) in [5.41, 5.74) is 9.26. The van der Waals surface area contributed by atoms with Crippen molar-refractivity contribution < 1.29 is 13.9 Å². The van der Waals surface area contributed by atoms with Gasteiger partial charge in [0.15, 0.2) is 29.4 Å². The summed E-state index contributed by atoms with van der Waals surface area (Å²) in [5, 5.41) is 10.3. The Bertz CT molecular complexity index is 1300. The van der Waals surface area contributed by atoms with Crippen molar-refractivity contribution in [2.24, 2.45) is 10.7 Å². The molecule has 1 atom stereocenters. The Balaban J connectivity index is 1.54. The number of aliphatic imine (C=N–C) groups is 1. The number of benzene rings is 1. The molecule has 0 aliphatic carbocycles. The minimum absolute atomic E-state index is 0.277. The van der Waals surface area contributed by atoms with Gasteiger partial charge in [-0.2, -0.15) is 5.10 Å². The van der Waals surface area contributed by atoms with E-state index in [9.17, 15) is 0 Å². The number of rotatable bonds is 2. The number of H-pyrrole nitrogens is 1. The van der Waals surface area contributed by atoms with E-state index < -0.39 is 6.17 Å². The van der Waals surface area contributed by atoms with Crippen molar-refractivity contribution >= 4 is 22.9 Å². The van der Waals surface area contributed by atoms with Crippen LogP contribution in [0.3, 0.4) is 0 Å². The summed E-state index contributed by atoms with van der Waals surface area (Å²) in [6.45, 7) is 3.12. The van der Waals surface area contributed by atoms with Gasteiger partial charge in [-0.25, -0.2) is 9.98 Å². The van der Waals surface area contributed by atoms with Crippen molar-refractivity contribution in [1.29, 1.82) is 0 Å². The minimum Gasteiger partial charge on any atom is -0.489 e. The zero-order valence-electron chi connectivity index (χ0n) is 16.2. The molecule has 0 unspecified atom stereocenters. The van der Waals surface area contributed by atoms with Crippen molar-refractivity contribution in [2.75, 3.05) is 18.5 Å². The fraction of sp³-hybridized carbons (Fsp3) is 0.250. The fourth-order valence-corrected chi connectivity index (χ4v) is 3.89. The third-order valence-corrected chi connectivity index (χ3v) is 5.24. The molecule has 2 aliphatic heterocycles. The van der Waals surface area contributed by atoms with Gasteiger partial charge in [0.2, 0.25) is 5.95 Å². The average Bonchev–Trinajstić information content (AvgIpc) is 3.40. The molecule has 0 radical (unpaired) electrons. The van der Waals surface area contributed by atoms with Gasteiger partial charge < -0.3 is 19.6 Å². The highest BCUT2D eigenvalue weighted by Gasteiger charge is 2.30. The first-order chi connectivity index (χ1) is 14.7. The predicted molar refractivity (Wildman–Crippen MR) is 110 cm³/mol. The molecule has 3 aromatic heterocycles. The van der Waals surface area contributed by atoms with E-state index in [4.69, 9.17) is 24.6 Å². The molecule has 6 rings (SSSR count). The molecule has 1 aromatic carbocycles. The highest BCUT2D eigenvalue weighted by molar-refractivity contribution is 5.95. The summed E-state index contributed by atoms with van der Waals surface area (Å²) < 4.78 is 19.5. The number of nitrogens with two attached hydrogens (primary N) is 1. The van der Waals surface area contributed by atoms with Crippen LogP contribution >= 0.6 is 0 Å². The number of aromatic nitrogens is 4. The van der Waals surface area contributed by atoms with Crippen molar-refractivity contribution in [2.45, 2.75) is 19.5 Å². The molecule has 10 nitrogen and oxygen atoms in total. The van der Waals surface area contributed by atoms with Crippen molar-refractivity contribution in [1.82, 2.24) is 19.7 Å². The number of hydrogen-bond acceptors (Lipinski definition) is 8. The molecule has 4 N–H and O–H groups in total. The monoisotopic (exact) mass is 405 g/mol. The number of nitrogens with zero attached hydrogens (tertiary/aromatic N) is 4. The maximum absolute atomic E-state index is 6.09. The summed E-state index contributed by atoms with van der Waals surface area (Å²) in [7, 11) is 0. The number of furan rings is 1. The van der Waals surface area contributed by atoms with Crippen LogP contribution in [0.1, 0.15) is 23.9 Å². The molecule has 0 fully saturated rings. The molecular weight excluding hydrogens is 386 g/mol. The Morgan fingerprint density at radius 3 is 2.80 bits per heavy atom. The van der Waals surface area contributed by atoms with Crippen LogP contribution in [0.15, 0.2) is 39.9 Å². The fourth-order valence-electron chi connectivity index (χ4n) is 3.89. The predicted octanol–water partition coefficient (Wildman–Crippen LogP) is 2.78. The van der Waals surface area contributed by atoms with Crippen molar-refractivity contribution in [3.63, 3.8) is 0 Å². The van der Waals surface area contributed by atoms with Crippen LogP contribution in [0.5, 0.6) is 11.5 Å². The molecule has 0 bridgehead atoms. The molecule has 0 spiro atoms. The van der Waals surface area contributed by atoms with E-state index in [1.54, 1.807) is 6.20 Å². The third-order valence-electron chi connectivity index (χ3n) is 5.24. The van der Waals surface area contributed by atoms with E-state index in [-0.39, 0.29) is 5.96 Å². The van der Waals surface area contributed by atoms with E-state index in [1.165, 1.54) is 0 Å². The molecule has 152 valence electrons. The molecule has 0 saturated carbocycles. The quantitative estimate of drug-likeness (QED) is 0.468. The Hall–Kier alpha value is -3.95. The summed E-state index contributed by atoms with van der Waals surface area (Å²) in [4.78, 5) is 9.35. The van der Waals surface area contributed by atoms with E-state index in [0.29, 0.717) is 36.4 Å². The lowest BCUT2D eigenvalue weighted by Gasteiger charge is -2.23. The van der Waals surface area contributed by atoms with Gasteiger partial charge in [0.05, 0.1) is 30.4 Å². The van der Waals surface area contributed by atoms with Gasteiger partial charge in [0.25, 0.3) is 0 Å². The Kier molecular flexibility index (Phi) is 3.55. The van der Waals surface area contributed by atoms with Crippen LogP contribution in [0.4, 0.5) is 5.95 Å². The van der Waals surface area contributed by atoms with Crippen molar-refractivity contribution in [3.8, 4) is 23.0 Å². The first kappa shape index (κ1) is 17.0. The highest BCUT2D eigenvalue weighted by Crippen LogP contribution is 2.40. The Morgan fingerprint density at radius 1 is 1.17 bits per heavy atom. The first-order valence-electron chi connectivity index (χ1n) is 9.69. The van der Waals surface area contributed by atoms with Crippen LogP contribution < -0.4 is 20.5 Å². The van der Waals surface area contributed by atoms with Gasteiger partial charge in [-0.1, -0.05) is 0 Å². The third kappa shape index (κ3) is 2.53. The van der Waals surface area contributed by atoms with E-state index >= 15 is 0 Å². The molecule has 0 amide bonds. The summed E-state index contributed by atoms with van der Waals surface area (Å²) in [5.74, 6) is 3.75. The smallest absolute Gasteiger partial charge is 0.212 e. The Morgan fingerprint density at radius 2 is 2.00 bits per heavy atom. The van der Waals surface area contributed by atoms with Gasteiger partial charge in [0, 0.05) is 24.1 Å². The number of aryl methyl sites for hydroxylation is 1. The van der Waals surface area contributed by atoms with E-state index in [0.717, 1.165) is 34.5 Å². The number of anilines is 1. The van der Waals surface area contributed by atoms with Gasteiger partial charge in [-0.3, -0.25) is 15.0 Å². The lowest BCUT2D eigenvalue weighted by atomic mass is 10.1. The molecule has 4 aromatic rings. The topological polar surface area (TPSA) is 129 Å². The second kappa shape index (κ2) is 6.28. The molecule has 0 saturated heterocycles. The zero-order chi connectivity index (χ0) is 20.2. The molecule has 2 aliphatic rings. The summed E-state index contributed by atoms with van der Waals surface area (Å²) in [6, 6.07) is 7.64. The molecule has 5 heterocycles. The van der Waals surface area contributed by atoms with Gasteiger partial charge >= 0.3 is 0 Å². The number of ether oxygens (including phenoxy) is 2. The van der Waals surface area contributed by atoms with Crippen LogP contribution in [-0.4, -0.2) is 38.9 Å². The van der Waals surface area contributed by atoms with Crippen molar-refractivity contribution in [3.05, 3.63) is 41.8 Å². The SMILES string of the molecule is Cc1ccc(-c2[nH]ncc2[C@@H]2N=C(N)Nc3nc4cc5c(cc4n32)OCCCO5)o1. The summed E-state index contributed by atoms with van der Waals surface area (Å²) in [6.07, 6.45) is 2.09. The standard InChI is InChI=1S/C20H19N7O3/c1-10-3-4-14(30-10)17-11(9-22-26-17)18-24-19(21)25-20-23-12-7-15-16(8-13(12)27(18)20)29-6-2-5-28-15/h3-4,7-9,18H,2,5-6H2,1H3,(H,22,26)(H3,21,23,24,25)/t18-/m1/s1. The molecular formula is C20H19N7O3. The average molecular weight is 405 g/mol. The summed E-state index contributed by atoms with van der Waals surface area (Å²) >= 11 is 0. The zero-order valence-corrected chi connectivity index (χ0v) is 16.2. The molecule has 10 heteroatoms. The minimum atomic E-state index is -0.477. The lowest BCUT2D eigenvalue weighted by molar-refractivity contribution is 0.297. The number of imidazole rings is 1. The maximum Gasteiger partial charge on any atom is 0.212 e. The van der Waals surface area contributed by atoms with E-state index in [1.807, 2.05) is 35.8 Å². The normalized spacial score (nSPS) is 17.9. The maximum atomic E-state index is 6.09. The van der Waals surface area contributed by atoms with E-state index in [2.05, 4.69) is 20.5 Å². The van der Waals surface area contributed by atoms with Gasteiger partial charge in [-0.05, 0) is 19.1 Å². The van der Waals surface area contributed by atoms with Crippen LogP contribution in [0, 0.1) is 6.92 Å². The molecule has 30 heavy (non-hydrogen) atoms. The van der Waals surface area contributed by atoms with Crippen LogP contribution in [-0.2, 0) is 0 Å². The lowest BCUT2D eigenvalue weighted by Crippen LogP contribution is -2.31. The first-order valence-corrected chi connectivity index (χ1v) is 9.69. The number of hydrogen-bond donors (Lipinski definition) is 3. The Labute approximate surface area is 170 Å².